The first kappa shape index (κ1) is 11.9. The van der Waals surface area contributed by atoms with Gasteiger partial charge in [-0.05, 0) is 6.07 Å². The number of halogens is 2. The largest absolute Gasteiger partial charge is 0.389 e. The summed E-state index contributed by atoms with van der Waals surface area (Å²) in [7, 11) is 0. The molecule has 2 unspecified atom stereocenters. The molecule has 80 valence electrons. The van der Waals surface area contributed by atoms with Crippen molar-refractivity contribution in [2.24, 2.45) is 0 Å². The second-order valence-electron chi connectivity index (χ2n) is 2.90. The Morgan fingerprint density at radius 3 is 2.87 bits per heavy atom. The second-order valence-corrected chi connectivity index (χ2v) is 3.29. The third kappa shape index (κ3) is 2.86. The number of rotatable bonds is 3. The lowest BCUT2D eigenvalue weighted by atomic mass is 10.0. The molecule has 0 amide bonds. The molecule has 0 aliphatic heterocycles. The lowest BCUT2D eigenvalue weighted by molar-refractivity contribution is 0.0194. The van der Waals surface area contributed by atoms with Gasteiger partial charge in [-0.15, -0.1) is 0 Å². The van der Waals surface area contributed by atoms with E-state index in [1.54, 1.807) is 6.07 Å². The van der Waals surface area contributed by atoms with Crippen molar-refractivity contribution in [1.29, 1.82) is 5.26 Å². The van der Waals surface area contributed by atoms with E-state index in [1.165, 1.54) is 0 Å². The number of hydrogen-bond donors (Lipinski definition) is 2. The molecule has 15 heavy (non-hydrogen) atoms. The first-order valence-electron chi connectivity index (χ1n) is 4.10. The van der Waals surface area contributed by atoms with Gasteiger partial charge in [-0.2, -0.15) is 5.26 Å². The van der Waals surface area contributed by atoms with Crippen molar-refractivity contribution in [3.63, 3.8) is 0 Å². The standard InChI is InChI=1S/C9H8ClFN2O2/c10-8-3-5(6(11)4-13-8)9(15)7(14)1-2-12/h3-4,7,9,14-15H,1H2. The lowest BCUT2D eigenvalue weighted by Crippen LogP contribution is -2.18. The molecule has 0 aliphatic rings. The van der Waals surface area contributed by atoms with E-state index in [4.69, 9.17) is 16.9 Å². The average Bonchev–Trinajstić information content (AvgIpc) is 2.21. The van der Waals surface area contributed by atoms with Crippen LogP contribution in [0.5, 0.6) is 0 Å². The van der Waals surface area contributed by atoms with Crippen LogP contribution in [0.2, 0.25) is 5.15 Å². The second kappa shape index (κ2) is 5.03. The molecule has 1 heterocycles. The van der Waals surface area contributed by atoms with Crippen molar-refractivity contribution < 1.29 is 14.6 Å². The molecule has 0 bridgehead atoms. The summed E-state index contributed by atoms with van der Waals surface area (Å²) in [6.07, 6.45) is -2.27. The van der Waals surface area contributed by atoms with Gasteiger partial charge < -0.3 is 10.2 Å². The number of aliphatic hydroxyl groups excluding tert-OH is 2. The van der Waals surface area contributed by atoms with Crippen LogP contribution >= 0.6 is 11.6 Å². The van der Waals surface area contributed by atoms with E-state index >= 15 is 0 Å². The van der Waals surface area contributed by atoms with Crippen molar-refractivity contribution in [2.75, 3.05) is 0 Å². The van der Waals surface area contributed by atoms with Crippen LogP contribution in [0.1, 0.15) is 18.1 Å². The molecule has 6 heteroatoms. The summed E-state index contributed by atoms with van der Waals surface area (Å²) in [6, 6.07) is 2.78. The highest BCUT2D eigenvalue weighted by molar-refractivity contribution is 6.29. The van der Waals surface area contributed by atoms with Crippen LogP contribution in [0.3, 0.4) is 0 Å². The molecule has 1 aromatic heterocycles. The predicted molar refractivity (Wildman–Crippen MR) is 50.4 cm³/mol. The molecule has 1 aromatic rings. The normalized spacial score (nSPS) is 14.3. The van der Waals surface area contributed by atoms with Gasteiger partial charge in [0, 0.05) is 5.56 Å². The van der Waals surface area contributed by atoms with Crippen molar-refractivity contribution in [2.45, 2.75) is 18.6 Å². The van der Waals surface area contributed by atoms with Crippen LogP contribution in [-0.2, 0) is 0 Å². The summed E-state index contributed by atoms with van der Waals surface area (Å²) in [5, 5.41) is 27.1. The van der Waals surface area contributed by atoms with E-state index in [-0.39, 0.29) is 17.1 Å². The van der Waals surface area contributed by atoms with E-state index in [1.807, 2.05) is 0 Å². The van der Waals surface area contributed by atoms with Crippen LogP contribution < -0.4 is 0 Å². The first-order valence-corrected chi connectivity index (χ1v) is 4.48. The third-order valence-electron chi connectivity index (χ3n) is 1.84. The third-order valence-corrected chi connectivity index (χ3v) is 2.04. The van der Waals surface area contributed by atoms with Crippen molar-refractivity contribution in [3.05, 3.63) is 28.8 Å². The van der Waals surface area contributed by atoms with Crippen LogP contribution in [0.15, 0.2) is 12.3 Å². The molecule has 2 atom stereocenters. The predicted octanol–water partition coefficient (Wildman–Crippen LogP) is 1.18. The van der Waals surface area contributed by atoms with Crippen molar-refractivity contribution in [1.82, 2.24) is 4.98 Å². The van der Waals surface area contributed by atoms with Crippen LogP contribution in [0, 0.1) is 17.1 Å². The zero-order valence-corrected chi connectivity index (χ0v) is 8.32. The van der Waals surface area contributed by atoms with Gasteiger partial charge in [0.15, 0.2) is 0 Å². The Hall–Kier alpha value is -1.22. The van der Waals surface area contributed by atoms with E-state index < -0.39 is 18.0 Å². The number of hydrogen-bond acceptors (Lipinski definition) is 4. The summed E-state index contributed by atoms with van der Waals surface area (Å²) in [5.41, 5.74) is -0.169. The van der Waals surface area contributed by atoms with Gasteiger partial charge in [0.25, 0.3) is 0 Å². The van der Waals surface area contributed by atoms with E-state index in [0.29, 0.717) is 0 Å². The van der Waals surface area contributed by atoms with Crippen molar-refractivity contribution >= 4 is 11.6 Å². The Morgan fingerprint density at radius 2 is 2.27 bits per heavy atom. The molecule has 0 aromatic carbocycles. The Balaban J connectivity index is 2.95. The summed E-state index contributed by atoms with van der Waals surface area (Å²) < 4.78 is 13.1. The summed E-state index contributed by atoms with van der Waals surface area (Å²) in [6.45, 7) is 0. The first-order chi connectivity index (χ1) is 7.06. The van der Waals surface area contributed by atoms with Gasteiger partial charge in [0.2, 0.25) is 0 Å². The molecule has 0 aliphatic carbocycles. The molecule has 2 N–H and O–H groups in total. The monoisotopic (exact) mass is 230 g/mol. The lowest BCUT2D eigenvalue weighted by Gasteiger charge is -2.15. The number of nitriles is 1. The molecule has 4 nitrogen and oxygen atoms in total. The summed E-state index contributed by atoms with van der Waals surface area (Å²) in [4.78, 5) is 3.46. The molecular weight excluding hydrogens is 223 g/mol. The Labute approximate surface area is 90.6 Å². The quantitative estimate of drug-likeness (QED) is 0.765. The zero-order chi connectivity index (χ0) is 11.4. The molecular formula is C9H8ClFN2O2. The number of aromatic nitrogens is 1. The number of nitrogens with zero attached hydrogens (tertiary/aromatic N) is 2. The Bertz CT molecular complexity index is 394. The molecule has 0 fully saturated rings. The van der Waals surface area contributed by atoms with Crippen LogP contribution in [0.25, 0.3) is 0 Å². The highest BCUT2D eigenvalue weighted by Crippen LogP contribution is 2.23. The smallest absolute Gasteiger partial charge is 0.147 e. The minimum Gasteiger partial charge on any atom is -0.389 e. The van der Waals surface area contributed by atoms with E-state index in [2.05, 4.69) is 4.98 Å². The minimum absolute atomic E-state index is 0.00890. The van der Waals surface area contributed by atoms with Gasteiger partial charge in [0.05, 0.1) is 24.8 Å². The fraction of sp³-hybridized carbons (Fsp3) is 0.333. The fourth-order valence-electron chi connectivity index (χ4n) is 1.07. The van der Waals surface area contributed by atoms with Gasteiger partial charge in [-0.3, -0.25) is 0 Å². The number of aliphatic hydroxyl groups is 2. The average molecular weight is 231 g/mol. The topological polar surface area (TPSA) is 77.1 Å². The maximum atomic E-state index is 13.1. The number of pyridine rings is 1. The zero-order valence-electron chi connectivity index (χ0n) is 7.56. The van der Waals surface area contributed by atoms with Gasteiger partial charge in [0.1, 0.15) is 17.1 Å². The van der Waals surface area contributed by atoms with E-state index in [0.717, 1.165) is 12.3 Å². The SMILES string of the molecule is N#CCC(O)C(O)c1cc(Cl)ncc1F. The van der Waals surface area contributed by atoms with Gasteiger partial charge >= 0.3 is 0 Å². The highest BCUT2D eigenvalue weighted by Gasteiger charge is 2.21. The maximum Gasteiger partial charge on any atom is 0.147 e. The molecule has 1 rings (SSSR count). The molecule has 0 saturated heterocycles. The molecule has 0 spiro atoms. The van der Waals surface area contributed by atoms with E-state index in [9.17, 15) is 14.6 Å². The van der Waals surface area contributed by atoms with Gasteiger partial charge in [-0.1, -0.05) is 11.6 Å². The highest BCUT2D eigenvalue weighted by atomic mass is 35.5. The summed E-state index contributed by atoms with van der Waals surface area (Å²) >= 11 is 5.51. The Morgan fingerprint density at radius 1 is 1.60 bits per heavy atom. The fourth-order valence-corrected chi connectivity index (χ4v) is 1.23. The van der Waals surface area contributed by atoms with Gasteiger partial charge in [-0.25, -0.2) is 9.37 Å². The maximum absolute atomic E-state index is 13.1. The summed E-state index contributed by atoms with van der Waals surface area (Å²) in [5.74, 6) is -0.774. The van der Waals surface area contributed by atoms with Crippen LogP contribution in [0.4, 0.5) is 4.39 Å². The van der Waals surface area contributed by atoms with Crippen LogP contribution in [-0.4, -0.2) is 21.3 Å². The molecule has 0 radical (unpaired) electrons. The van der Waals surface area contributed by atoms with Crippen molar-refractivity contribution in [3.8, 4) is 6.07 Å². The molecule has 0 saturated carbocycles. The minimum atomic E-state index is -1.48. The Kier molecular flexibility index (Phi) is 3.97.